The Bertz CT molecular complexity index is 616. The predicted molar refractivity (Wildman–Crippen MR) is 60.8 cm³/mol. The molecule has 1 aliphatic heterocycles. The van der Waals surface area contributed by atoms with Gasteiger partial charge in [-0.2, -0.15) is 0 Å². The van der Waals surface area contributed by atoms with Crippen molar-refractivity contribution in [1.82, 2.24) is 0 Å². The summed E-state index contributed by atoms with van der Waals surface area (Å²) in [6, 6.07) is 4.64. The number of ether oxygens (including phenoxy) is 1. The lowest BCUT2D eigenvalue weighted by atomic mass is 10.2. The molecule has 0 saturated heterocycles. The lowest BCUT2D eigenvalue weighted by molar-refractivity contribution is -0.116. The van der Waals surface area contributed by atoms with Crippen molar-refractivity contribution in [2.75, 3.05) is 12.4 Å². The molecule has 1 fully saturated rings. The van der Waals surface area contributed by atoms with Gasteiger partial charge in [-0.05, 0) is 25.0 Å². The van der Waals surface area contributed by atoms with Crippen molar-refractivity contribution in [3.8, 4) is 5.75 Å². The zero-order valence-corrected chi connectivity index (χ0v) is 10.0. The lowest BCUT2D eigenvalue weighted by Gasteiger charge is -2.24. The Morgan fingerprint density at radius 2 is 2.06 bits per heavy atom. The van der Waals surface area contributed by atoms with Gasteiger partial charge in [0.05, 0.1) is 17.7 Å². The first kappa shape index (κ1) is 10.6. The Kier molecular flexibility index (Phi) is 1.87. The van der Waals surface area contributed by atoms with E-state index in [1.54, 1.807) is 12.1 Å². The number of carbonyl (C=O) groups excluding carboxylic acids is 1. The number of amides is 1. The molecule has 1 N–H and O–H groups in total. The van der Waals surface area contributed by atoms with Gasteiger partial charge in [0.15, 0.2) is 14.6 Å². The zero-order chi connectivity index (χ0) is 12.3. The summed E-state index contributed by atoms with van der Waals surface area (Å²) in [7, 11) is -2.11. The summed E-state index contributed by atoms with van der Waals surface area (Å²) in [5, 5.41) is 2.65. The summed E-state index contributed by atoms with van der Waals surface area (Å²) < 4.78 is 28.5. The van der Waals surface area contributed by atoms with Gasteiger partial charge in [0.25, 0.3) is 0 Å². The number of fused-ring (bicyclic) bond motifs is 1. The lowest BCUT2D eigenvalue weighted by Crippen LogP contribution is -2.41. The number of nitrogens with one attached hydrogen (secondary N) is 1. The van der Waals surface area contributed by atoms with Crippen molar-refractivity contribution < 1.29 is 17.9 Å². The third-order valence-corrected chi connectivity index (χ3v) is 5.90. The van der Waals surface area contributed by atoms with Crippen molar-refractivity contribution in [2.24, 2.45) is 0 Å². The second kappa shape index (κ2) is 3.01. The van der Waals surface area contributed by atoms with Gasteiger partial charge >= 0.3 is 0 Å². The highest BCUT2D eigenvalue weighted by Crippen LogP contribution is 2.52. The molecule has 0 unspecified atom stereocenters. The van der Waals surface area contributed by atoms with Crippen LogP contribution in [0.5, 0.6) is 5.75 Å². The predicted octanol–water partition coefficient (Wildman–Crippen LogP) is 0.954. The summed E-state index contributed by atoms with van der Waals surface area (Å²) in [4.78, 5) is 12.0. The Morgan fingerprint density at radius 1 is 1.35 bits per heavy atom. The fraction of sp³-hybridized carbons (Fsp3) is 0.364. The first-order chi connectivity index (χ1) is 8.01. The molecule has 0 bridgehead atoms. The maximum Gasteiger partial charge on any atom is 0.246 e. The van der Waals surface area contributed by atoms with Crippen LogP contribution in [0.4, 0.5) is 5.69 Å². The molecule has 1 saturated carbocycles. The first-order valence-corrected chi connectivity index (χ1v) is 6.74. The normalized spacial score (nSPS) is 22.8. The van der Waals surface area contributed by atoms with Crippen LogP contribution in [-0.4, -0.2) is 26.2 Å². The molecule has 3 rings (SSSR count). The number of carbonyl (C=O) groups is 1. The van der Waals surface area contributed by atoms with Gasteiger partial charge in [0, 0.05) is 6.07 Å². The van der Waals surface area contributed by atoms with E-state index in [-0.39, 0.29) is 4.90 Å². The molecule has 1 spiro atoms. The smallest absolute Gasteiger partial charge is 0.246 e. The van der Waals surface area contributed by atoms with Crippen molar-refractivity contribution in [1.29, 1.82) is 0 Å². The van der Waals surface area contributed by atoms with Gasteiger partial charge < -0.3 is 10.1 Å². The van der Waals surface area contributed by atoms with E-state index < -0.39 is 20.5 Å². The highest BCUT2D eigenvalue weighted by molar-refractivity contribution is 7.94. The Labute approximate surface area is 98.7 Å². The summed E-state index contributed by atoms with van der Waals surface area (Å²) in [5.41, 5.74) is 0.341. The average Bonchev–Trinajstić information content (AvgIpc) is 3.09. The molecule has 5 nitrogen and oxygen atoms in total. The van der Waals surface area contributed by atoms with Gasteiger partial charge in [-0.3, -0.25) is 4.79 Å². The van der Waals surface area contributed by atoms with Crippen LogP contribution in [0.3, 0.4) is 0 Å². The van der Waals surface area contributed by atoms with Crippen LogP contribution >= 0.6 is 0 Å². The highest BCUT2D eigenvalue weighted by atomic mass is 32.2. The number of anilines is 1. The van der Waals surface area contributed by atoms with E-state index in [0.717, 1.165) is 0 Å². The van der Waals surface area contributed by atoms with E-state index in [1.807, 2.05) is 0 Å². The Balaban J connectivity index is 2.26. The molecule has 17 heavy (non-hydrogen) atoms. The minimum atomic E-state index is -3.58. The Morgan fingerprint density at radius 3 is 2.65 bits per heavy atom. The monoisotopic (exact) mass is 253 g/mol. The largest absolute Gasteiger partial charge is 0.497 e. The second-order valence-corrected chi connectivity index (χ2v) is 6.54. The van der Waals surface area contributed by atoms with E-state index in [4.69, 9.17) is 4.74 Å². The molecule has 1 aliphatic carbocycles. The molecule has 0 atom stereocenters. The van der Waals surface area contributed by atoms with Crippen LogP contribution in [0.2, 0.25) is 0 Å². The van der Waals surface area contributed by atoms with Gasteiger partial charge in [-0.15, -0.1) is 0 Å². The minimum absolute atomic E-state index is 0.161. The topological polar surface area (TPSA) is 72.5 Å². The molecule has 0 radical (unpaired) electrons. The van der Waals surface area contributed by atoms with Crippen LogP contribution in [-0.2, 0) is 14.6 Å². The molecular formula is C11H11NO4S. The number of hydrogen-bond acceptors (Lipinski definition) is 4. The summed E-state index contributed by atoms with van der Waals surface area (Å²) in [5.74, 6) is 0.0643. The standard InChI is InChI=1S/C11H11NO4S/c1-16-7-2-3-8-9(6-7)17(14,15)11(4-5-11)10(13)12-8/h2-3,6H,4-5H2,1H3,(H,12,13). The van der Waals surface area contributed by atoms with E-state index >= 15 is 0 Å². The SMILES string of the molecule is COc1ccc2c(c1)S(=O)(=O)C1(CC1)C(=O)N2. The number of sulfone groups is 1. The van der Waals surface area contributed by atoms with Crippen LogP contribution in [0.15, 0.2) is 23.1 Å². The zero-order valence-electron chi connectivity index (χ0n) is 9.19. The van der Waals surface area contributed by atoms with E-state index in [9.17, 15) is 13.2 Å². The van der Waals surface area contributed by atoms with E-state index in [1.165, 1.54) is 13.2 Å². The quantitative estimate of drug-likeness (QED) is 0.809. The van der Waals surface area contributed by atoms with Crippen LogP contribution in [0, 0.1) is 0 Å². The molecule has 90 valence electrons. The van der Waals surface area contributed by atoms with Crippen molar-refractivity contribution >= 4 is 21.4 Å². The summed E-state index contributed by atoms with van der Waals surface area (Å²) in [6.45, 7) is 0. The molecule has 1 heterocycles. The summed E-state index contributed by atoms with van der Waals surface area (Å²) in [6.07, 6.45) is 0.801. The first-order valence-electron chi connectivity index (χ1n) is 5.25. The number of rotatable bonds is 1. The van der Waals surface area contributed by atoms with Crippen molar-refractivity contribution in [2.45, 2.75) is 22.5 Å². The average molecular weight is 253 g/mol. The third-order valence-electron chi connectivity index (χ3n) is 3.36. The molecule has 2 aliphatic rings. The minimum Gasteiger partial charge on any atom is -0.497 e. The number of hydrogen-bond donors (Lipinski definition) is 1. The maximum absolute atomic E-state index is 12.4. The fourth-order valence-corrected chi connectivity index (χ4v) is 4.17. The number of benzene rings is 1. The molecular weight excluding hydrogens is 242 g/mol. The molecule has 0 aromatic heterocycles. The van der Waals surface area contributed by atoms with Gasteiger partial charge in [-0.1, -0.05) is 0 Å². The molecule has 6 heteroatoms. The molecule has 1 aromatic rings. The third kappa shape index (κ3) is 1.18. The van der Waals surface area contributed by atoms with E-state index in [2.05, 4.69) is 5.32 Å². The van der Waals surface area contributed by atoms with Gasteiger partial charge in [0.2, 0.25) is 5.91 Å². The maximum atomic E-state index is 12.4. The van der Waals surface area contributed by atoms with Crippen molar-refractivity contribution in [3.63, 3.8) is 0 Å². The van der Waals surface area contributed by atoms with E-state index in [0.29, 0.717) is 24.3 Å². The van der Waals surface area contributed by atoms with Crippen LogP contribution in [0.25, 0.3) is 0 Å². The second-order valence-electron chi connectivity index (χ2n) is 4.31. The highest BCUT2D eigenvalue weighted by Gasteiger charge is 2.63. The molecule has 1 aromatic carbocycles. The van der Waals surface area contributed by atoms with Crippen molar-refractivity contribution in [3.05, 3.63) is 18.2 Å². The fourth-order valence-electron chi connectivity index (χ4n) is 2.13. The molecule has 1 amide bonds. The number of methoxy groups -OCH3 is 1. The van der Waals surface area contributed by atoms with Gasteiger partial charge in [0.1, 0.15) is 5.75 Å². The van der Waals surface area contributed by atoms with Gasteiger partial charge in [-0.25, -0.2) is 8.42 Å². The summed E-state index contributed by atoms with van der Waals surface area (Å²) >= 11 is 0. The van der Waals surface area contributed by atoms with Crippen LogP contribution in [0.1, 0.15) is 12.8 Å². The Hall–Kier alpha value is -1.56. The van der Waals surface area contributed by atoms with Crippen LogP contribution < -0.4 is 10.1 Å².